The van der Waals surface area contributed by atoms with Gasteiger partial charge in [-0.25, -0.2) is 18.1 Å². The van der Waals surface area contributed by atoms with E-state index >= 15 is 0 Å². The molecule has 0 atom stereocenters. The van der Waals surface area contributed by atoms with Crippen LogP contribution in [0.3, 0.4) is 0 Å². The molecule has 2 rings (SSSR count). The molecule has 20 heavy (non-hydrogen) atoms. The van der Waals surface area contributed by atoms with Gasteiger partial charge < -0.3 is 0 Å². The molecule has 1 aliphatic carbocycles. The van der Waals surface area contributed by atoms with Gasteiger partial charge in [-0.15, -0.1) is 0 Å². The summed E-state index contributed by atoms with van der Waals surface area (Å²) >= 11 is 7.44. The van der Waals surface area contributed by atoms with Crippen LogP contribution in [0.2, 0.25) is 5.15 Å². The highest BCUT2D eigenvalue weighted by Crippen LogP contribution is 2.38. The molecule has 1 fully saturated rings. The molecule has 0 amide bonds. The quantitative estimate of drug-likeness (QED) is 0.841. The predicted octanol–water partition coefficient (Wildman–Crippen LogP) is 3.08. The summed E-state index contributed by atoms with van der Waals surface area (Å²) in [5.74, 6) is 0. The summed E-state index contributed by atoms with van der Waals surface area (Å²) in [6.07, 6.45) is 9.07. The van der Waals surface area contributed by atoms with Gasteiger partial charge in [0.1, 0.15) is 10.0 Å². The van der Waals surface area contributed by atoms with E-state index in [1.165, 1.54) is 37.6 Å². The van der Waals surface area contributed by atoms with Crippen LogP contribution >= 0.6 is 23.4 Å². The second kappa shape index (κ2) is 6.64. The zero-order valence-electron chi connectivity index (χ0n) is 11.4. The molecule has 0 radical (unpaired) electrons. The fourth-order valence-electron chi connectivity index (χ4n) is 2.48. The van der Waals surface area contributed by atoms with Crippen LogP contribution in [0.25, 0.3) is 0 Å². The van der Waals surface area contributed by atoms with Crippen molar-refractivity contribution in [1.29, 1.82) is 0 Å². The minimum atomic E-state index is -3.51. The van der Waals surface area contributed by atoms with Gasteiger partial charge in [0.25, 0.3) is 0 Å². The van der Waals surface area contributed by atoms with Gasteiger partial charge in [-0.2, -0.15) is 11.8 Å². The maximum absolute atomic E-state index is 12.2. The molecule has 1 aromatic rings. The van der Waals surface area contributed by atoms with Gasteiger partial charge in [0.05, 0.1) is 0 Å². The Bertz CT molecular complexity index is 540. The van der Waals surface area contributed by atoms with Crippen molar-refractivity contribution in [2.75, 3.05) is 12.8 Å². The van der Waals surface area contributed by atoms with E-state index in [1.54, 1.807) is 11.8 Å². The SMILES string of the molecule is CSC1(CNS(=O)(=O)c2ccc(Cl)nc2)CCCCC1. The van der Waals surface area contributed by atoms with Crippen molar-refractivity contribution < 1.29 is 8.42 Å². The number of nitrogens with one attached hydrogen (secondary N) is 1. The van der Waals surface area contributed by atoms with Crippen LogP contribution in [0.1, 0.15) is 32.1 Å². The summed E-state index contributed by atoms with van der Waals surface area (Å²) in [5, 5.41) is 0.289. The Hall–Kier alpha value is -0.300. The number of rotatable bonds is 5. The van der Waals surface area contributed by atoms with Crippen LogP contribution < -0.4 is 4.72 Å². The lowest BCUT2D eigenvalue weighted by molar-refractivity contribution is 0.395. The molecule has 1 heterocycles. The van der Waals surface area contributed by atoms with Crippen molar-refractivity contribution in [3.8, 4) is 0 Å². The molecule has 7 heteroatoms. The highest BCUT2D eigenvalue weighted by Gasteiger charge is 2.32. The van der Waals surface area contributed by atoms with E-state index in [9.17, 15) is 8.42 Å². The number of halogens is 1. The molecule has 0 unspecified atom stereocenters. The lowest BCUT2D eigenvalue weighted by Crippen LogP contribution is -2.41. The van der Waals surface area contributed by atoms with E-state index < -0.39 is 10.0 Å². The average molecular weight is 335 g/mol. The first-order valence-corrected chi connectivity index (χ1v) is 9.72. The first kappa shape index (κ1) is 16.1. The topological polar surface area (TPSA) is 59.1 Å². The molecule has 1 saturated carbocycles. The van der Waals surface area contributed by atoms with Crippen LogP contribution in [0.15, 0.2) is 23.2 Å². The van der Waals surface area contributed by atoms with E-state index in [-0.39, 0.29) is 14.8 Å². The molecule has 0 spiro atoms. The molecule has 1 aromatic heterocycles. The van der Waals surface area contributed by atoms with Gasteiger partial charge in [-0.05, 0) is 31.2 Å². The number of pyridine rings is 1. The van der Waals surface area contributed by atoms with E-state index in [2.05, 4.69) is 16.0 Å². The van der Waals surface area contributed by atoms with Gasteiger partial charge in [-0.1, -0.05) is 30.9 Å². The third-order valence-electron chi connectivity index (χ3n) is 3.79. The molecular formula is C13H19ClN2O2S2. The molecular weight excluding hydrogens is 316 g/mol. The minimum Gasteiger partial charge on any atom is -0.243 e. The second-order valence-corrected chi connectivity index (χ2v) is 8.52. The lowest BCUT2D eigenvalue weighted by atomic mass is 9.88. The number of aromatic nitrogens is 1. The fraction of sp³-hybridized carbons (Fsp3) is 0.615. The minimum absolute atomic E-state index is 0.0329. The molecule has 0 aliphatic heterocycles. The highest BCUT2D eigenvalue weighted by atomic mass is 35.5. The van der Waals surface area contributed by atoms with Gasteiger partial charge in [0.2, 0.25) is 10.0 Å². The summed E-state index contributed by atoms with van der Waals surface area (Å²) in [6, 6.07) is 2.96. The monoisotopic (exact) mass is 334 g/mol. The molecule has 4 nitrogen and oxygen atoms in total. The molecule has 1 aliphatic rings. The first-order valence-electron chi connectivity index (χ1n) is 6.64. The Morgan fingerprint density at radius 1 is 1.35 bits per heavy atom. The first-order chi connectivity index (χ1) is 9.47. The van der Waals surface area contributed by atoms with Gasteiger partial charge in [0, 0.05) is 17.5 Å². The summed E-state index contributed by atoms with van der Waals surface area (Å²) in [7, 11) is -3.51. The third-order valence-corrected chi connectivity index (χ3v) is 6.82. The smallest absolute Gasteiger partial charge is 0.242 e. The van der Waals surface area contributed by atoms with Crippen LogP contribution in [0, 0.1) is 0 Å². The Balaban J connectivity index is 2.06. The maximum atomic E-state index is 12.2. The number of sulfonamides is 1. The van der Waals surface area contributed by atoms with Gasteiger partial charge in [-0.3, -0.25) is 0 Å². The molecule has 1 N–H and O–H groups in total. The largest absolute Gasteiger partial charge is 0.243 e. The number of thioether (sulfide) groups is 1. The van der Waals surface area contributed by atoms with Crippen molar-refractivity contribution in [3.63, 3.8) is 0 Å². The zero-order valence-corrected chi connectivity index (χ0v) is 13.8. The van der Waals surface area contributed by atoms with E-state index in [4.69, 9.17) is 11.6 Å². The number of nitrogens with zero attached hydrogens (tertiary/aromatic N) is 1. The normalized spacial score (nSPS) is 18.9. The highest BCUT2D eigenvalue weighted by molar-refractivity contribution is 8.00. The van der Waals surface area contributed by atoms with Crippen molar-refractivity contribution in [3.05, 3.63) is 23.5 Å². The van der Waals surface area contributed by atoms with Crippen molar-refractivity contribution in [2.45, 2.75) is 41.7 Å². The second-order valence-electron chi connectivity index (χ2n) is 5.09. The van der Waals surface area contributed by atoms with Crippen LogP contribution in [0.5, 0.6) is 0 Å². The zero-order chi connectivity index (χ0) is 14.6. The van der Waals surface area contributed by atoms with Crippen molar-refractivity contribution >= 4 is 33.4 Å². The number of hydrogen-bond donors (Lipinski definition) is 1. The molecule has 0 saturated heterocycles. The standard InChI is InChI=1S/C13H19ClN2O2S2/c1-19-13(7-3-2-4-8-13)10-16-20(17,18)11-5-6-12(14)15-9-11/h5-6,9,16H,2-4,7-8,10H2,1H3. The van der Waals surface area contributed by atoms with Gasteiger partial charge >= 0.3 is 0 Å². The summed E-state index contributed by atoms with van der Waals surface area (Å²) in [6.45, 7) is 0.471. The van der Waals surface area contributed by atoms with Crippen molar-refractivity contribution in [2.24, 2.45) is 0 Å². The number of hydrogen-bond acceptors (Lipinski definition) is 4. The molecule has 0 aromatic carbocycles. The van der Waals surface area contributed by atoms with Crippen LogP contribution in [0.4, 0.5) is 0 Å². The fourth-order valence-corrected chi connectivity index (χ4v) is 4.67. The maximum Gasteiger partial charge on any atom is 0.242 e. The lowest BCUT2D eigenvalue weighted by Gasteiger charge is -2.35. The van der Waals surface area contributed by atoms with Crippen LogP contribution in [-0.4, -0.2) is 30.9 Å². The predicted molar refractivity (Wildman–Crippen MR) is 83.8 cm³/mol. The Labute approximate surface area is 129 Å². The molecule has 0 bridgehead atoms. The van der Waals surface area contributed by atoms with E-state index in [0.29, 0.717) is 6.54 Å². The molecule has 112 valence electrons. The summed E-state index contributed by atoms with van der Waals surface area (Å²) in [5.41, 5.74) is 0. The Morgan fingerprint density at radius 2 is 2.05 bits per heavy atom. The average Bonchev–Trinajstić information content (AvgIpc) is 2.47. The van der Waals surface area contributed by atoms with E-state index in [1.807, 2.05) is 0 Å². The third kappa shape index (κ3) is 3.87. The van der Waals surface area contributed by atoms with Crippen LogP contribution in [-0.2, 0) is 10.0 Å². The van der Waals surface area contributed by atoms with Gasteiger partial charge in [0.15, 0.2) is 0 Å². The van der Waals surface area contributed by atoms with Crippen molar-refractivity contribution in [1.82, 2.24) is 9.71 Å². The van der Waals surface area contributed by atoms with E-state index in [0.717, 1.165) is 12.8 Å². The summed E-state index contributed by atoms with van der Waals surface area (Å²) in [4.78, 5) is 3.98. The summed E-state index contributed by atoms with van der Waals surface area (Å²) < 4.78 is 27.2. The Morgan fingerprint density at radius 3 is 2.60 bits per heavy atom. The Kier molecular flexibility index (Phi) is 5.34.